The molecule has 4 heterocycles. The molecule has 10 rings (SSSR count). The Bertz CT molecular complexity index is 3170. The van der Waals surface area contributed by atoms with Gasteiger partial charge in [-0.1, -0.05) is 49.2 Å². The summed E-state index contributed by atoms with van der Waals surface area (Å²) in [6.45, 7) is 0.688. The van der Waals surface area contributed by atoms with E-state index in [4.69, 9.17) is 19.2 Å². The van der Waals surface area contributed by atoms with Gasteiger partial charge in [-0.3, -0.25) is 14.2 Å². The molecule has 0 radical (unpaired) electrons. The Kier molecular flexibility index (Phi) is 11.1. The number of aromatic amines is 1. The van der Waals surface area contributed by atoms with Crippen molar-refractivity contribution in [1.82, 2.24) is 19.9 Å². The van der Waals surface area contributed by atoms with Gasteiger partial charge in [-0.2, -0.15) is 0 Å². The number of phenols is 3. The second kappa shape index (κ2) is 17.5. The zero-order chi connectivity index (χ0) is 46.2. The van der Waals surface area contributed by atoms with Crippen molar-refractivity contribution in [3.05, 3.63) is 200 Å². The molecule has 0 aromatic heterocycles. The highest BCUT2D eigenvalue weighted by Gasteiger charge is 2.54. The first-order chi connectivity index (χ1) is 32.5. The van der Waals surface area contributed by atoms with Crippen molar-refractivity contribution in [2.75, 3.05) is 13.2 Å². The van der Waals surface area contributed by atoms with Gasteiger partial charge in [0, 0.05) is 60.0 Å². The van der Waals surface area contributed by atoms with E-state index in [0.717, 1.165) is 29.7 Å². The van der Waals surface area contributed by atoms with Gasteiger partial charge in [0.2, 0.25) is 0 Å². The summed E-state index contributed by atoms with van der Waals surface area (Å²) in [6, 6.07) is 34.9. The number of benzene rings is 6. The molecule has 0 bridgehead atoms. The summed E-state index contributed by atoms with van der Waals surface area (Å²) in [5, 5.41) is 33.2. The van der Waals surface area contributed by atoms with Crippen LogP contribution in [0.2, 0.25) is 0 Å². The minimum Gasteiger partial charge on any atom is -0.508 e. The molecule has 6 aromatic carbocycles. The van der Waals surface area contributed by atoms with Gasteiger partial charge in [0.15, 0.2) is 23.0 Å². The number of unbranched alkanes of at least 4 members (excludes halogenated alkanes) is 3. The molecule has 13 nitrogen and oxygen atoms in total. The van der Waals surface area contributed by atoms with E-state index in [1.807, 2.05) is 30.3 Å². The van der Waals surface area contributed by atoms with Crippen LogP contribution in [0.15, 0.2) is 138 Å². The summed E-state index contributed by atoms with van der Waals surface area (Å²) in [6.07, 6.45) is 5.22. The first-order valence-corrected chi connectivity index (χ1v) is 21.9. The molecule has 67 heavy (non-hydrogen) atoms. The number of H-pyrrole nitrogens is 1. The van der Waals surface area contributed by atoms with Gasteiger partial charge in [0.25, 0.3) is 11.5 Å². The average molecular weight is 899 g/mol. The van der Waals surface area contributed by atoms with Gasteiger partial charge in [0.1, 0.15) is 34.4 Å². The van der Waals surface area contributed by atoms with Gasteiger partial charge in [-0.25, -0.2) is 14.2 Å². The number of phenolic OH excluding ortho intramolecular Hbond substituents is 3. The molecule has 0 saturated carbocycles. The van der Waals surface area contributed by atoms with Gasteiger partial charge in [-0.05, 0) is 108 Å². The third kappa shape index (κ3) is 8.18. The Morgan fingerprint density at radius 3 is 2.19 bits per heavy atom. The minimum atomic E-state index is -1.48. The van der Waals surface area contributed by atoms with E-state index in [9.17, 15) is 29.7 Å². The summed E-state index contributed by atoms with van der Waals surface area (Å²) in [7, 11) is 0. The van der Waals surface area contributed by atoms with Crippen LogP contribution in [0.5, 0.6) is 34.5 Å². The van der Waals surface area contributed by atoms with Crippen molar-refractivity contribution >= 4 is 11.9 Å². The molecule has 0 atom stereocenters. The predicted octanol–water partition coefficient (Wildman–Crippen LogP) is 9.04. The van der Waals surface area contributed by atoms with Crippen molar-refractivity contribution in [2.45, 2.75) is 44.1 Å². The molecule has 14 heteroatoms. The molecule has 4 aliphatic heterocycles. The normalized spacial score (nSPS) is 13.1. The van der Waals surface area contributed by atoms with Crippen molar-refractivity contribution in [1.29, 1.82) is 0 Å². The topological polar surface area (TPSA) is 185 Å². The first kappa shape index (κ1) is 42.6. The van der Waals surface area contributed by atoms with Crippen molar-refractivity contribution in [3.8, 4) is 51.6 Å². The number of esters is 1. The highest BCUT2D eigenvalue weighted by molar-refractivity contribution is 6.00. The summed E-state index contributed by atoms with van der Waals surface area (Å²) < 4.78 is 34.8. The number of nitrogens with zero attached hydrogens (tertiary/aromatic N) is 2. The number of carbonyl (C=O) groups is 2. The lowest BCUT2D eigenvalue weighted by molar-refractivity contribution is 0.0224. The molecule has 1 amide bonds. The van der Waals surface area contributed by atoms with Crippen LogP contribution in [0.4, 0.5) is 4.39 Å². The lowest BCUT2D eigenvalue weighted by Crippen LogP contribution is -2.33. The number of hydrogen-bond acceptors (Lipinski definition) is 10. The highest BCUT2D eigenvalue weighted by Crippen LogP contribution is 2.57. The van der Waals surface area contributed by atoms with Crippen LogP contribution < -0.4 is 20.3 Å². The van der Waals surface area contributed by atoms with E-state index in [2.05, 4.69) is 10.3 Å². The largest absolute Gasteiger partial charge is 0.508 e. The van der Waals surface area contributed by atoms with Crippen LogP contribution in [-0.2, 0) is 23.2 Å². The Labute approximate surface area is 383 Å². The summed E-state index contributed by atoms with van der Waals surface area (Å²) >= 11 is 0. The number of halogens is 1. The van der Waals surface area contributed by atoms with Crippen molar-refractivity contribution in [3.63, 3.8) is 0 Å². The fourth-order valence-corrected chi connectivity index (χ4v) is 8.87. The van der Waals surface area contributed by atoms with Crippen LogP contribution in [0, 0.1) is 5.82 Å². The number of rotatable bonds is 14. The lowest BCUT2D eigenvalue weighted by atomic mass is 9.77. The number of imidazole rings is 1. The van der Waals surface area contributed by atoms with Crippen LogP contribution >= 0.6 is 0 Å². The molecule has 4 aliphatic rings. The van der Waals surface area contributed by atoms with E-state index in [-0.39, 0.29) is 70.2 Å². The smallest absolute Gasteiger partial charge is 0.340 e. The fourth-order valence-electron chi connectivity index (χ4n) is 8.87. The Morgan fingerprint density at radius 1 is 0.746 bits per heavy atom. The van der Waals surface area contributed by atoms with Gasteiger partial charge in [0.05, 0.1) is 23.6 Å². The number of aromatic nitrogens is 3. The molecule has 0 unspecified atom stereocenters. The van der Waals surface area contributed by atoms with Crippen LogP contribution in [0.25, 0.3) is 17.1 Å². The average Bonchev–Trinajstić information content (AvgIpc) is 3.79. The number of hydrogen-bond donors (Lipinski definition) is 5. The quantitative estimate of drug-likeness (QED) is 0.0521. The molecule has 5 N–H and O–H groups in total. The van der Waals surface area contributed by atoms with Gasteiger partial charge >= 0.3 is 5.97 Å². The zero-order valence-electron chi connectivity index (χ0n) is 35.9. The van der Waals surface area contributed by atoms with E-state index in [0.29, 0.717) is 65.1 Å². The van der Waals surface area contributed by atoms with Crippen LogP contribution in [-0.4, -0.2) is 54.9 Å². The summed E-state index contributed by atoms with van der Waals surface area (Å²) in [5.41, 5.74) is 4.27. The molecule has 0 aliphatic carbocycles. The molecule has 6 aromatic rings. The van der Waals surface area contributed by atoms with Gasteiger partial charge < -0.3 is 39.8 Å². The standard InChI is InChI=1S/C53H43FN4O9/c54-42-24-32(26-44-51(63)58-30-45(33-11-14-35(59)15-12-33)56-43(49(58)57-44)25-31-8-4-3-5-9-31)10-21-46(42)65-23-7-2-1-6-22-55-50(62)34-13-18-38-41(27-34)53(67-52(38)64)39-19-16-36(60)28-47(39)66-48-29-37(61)17-20-40(48)53/h3-5,8-21,24,27-30,56,59-61H,1-2,6-7,22-23,25-26H2,(H,55,62). The first-order valence-electron chi connectivity index (χ1n) is 21.9. The maximum atomic E-state index is 15.3. The fraction of sp³-hybridized carbons (Fsp3) is 0.170. The molecule has 336 valence electrons. The maximum absolute atomic E-state index is 15.3. The second-order valence-electron chi connectivity index (χ2n) is 16.7. The molecule has 1 spiro atoms. The number of nitrogens with one attached hydrogen (secondary N) is 2. The van der Waals surface area contributed by atoms with Gasteiger partial charge in [-0.15, -0.1) is 0 Å². The van der Waals surface area contributed by atoms with Crippen LogP contribution in [0.1, 0.15) is 85.6 Å². The Hall–Kier alpha value is -8.39. The Balaban J connectivity index is 0.735. The summed E-state index contributed by atoms with van der Waals surface area (Å²) in [5.74, 6) is -0.357. The highest BCUT2D eigenvalue weighted by atomic mass is 19.1. The Morgan fingerprint density at radius 2 is 1.46 bits per heavy atom. The molecular weight excluding hydrogens is 856 g/mol. The number of ether oxygens (including phenoxy) is 3. The number of fused-ring (bicyclic) bond motifs is 7. The van der Waals surface area contributed by atoms with E-state index in [1.165, 1.54) is 34.9 Å². The molecule has 0 fully saturated rings. The molecule has 0 saturated heterocycles. The van der Waals surface area contributed by atoms with E-state index >= 15 is 4.39 Å². The van der Waals surface area contributed by atoms with E-state index < -0.39 is 17.4 Å². The third-order valence-electron chi connectivity index (χ3n) is 12.2. The third-order valence-corrected chi connectivity index (χ3v) is 12.2. The van der Waals surface area contributed by atoms with Crippen molar-refractivity contribution in [2.24, 2.45) is 0 Å². The predicted molar refractivity (Wildman–Crippen MR) is 245 cm³/mol. The van der Waals surface area contributed by atoms with Crippen molar-refractivity contribution < 1.29 is 43.5 Å². The summed E-state index contributed by atoms with van der Waals surface area (Å²) in [4.78, 5) is 48.6. The maximum Gasteiger partial charge on any atom is 0.340 e. The lowest BCUT2D eigenvalue weighted by Gasteiger charge is -2.36. The molecular formula is C53H43FN4O9. The van der Waals surface area contributed by atoms with Crippen LogP contribution in [0.3, 0.4) is 0 Å². The monoisotopic (exact) mass is 898 g/mol. The number of amides is 1. The number of aromatic hydroxyl groups is 3. The SMILES string of the molecule is O=C(NCCCCCCOc1ccc(Cc2nc3c(Cc4ccccc4)[nH]c(-c4ccc(O)cc4)cn-3c2=O)cc1F)c1ccc2c(c1)C1(OC2=O)c2ccc(O)cc2Oc2cc(O)ccc21. The zero-order valence-corrected chi connectivity index (χ0v) is 35.9. The minimum absolute atomic E-state index is 0.0584. The van der Waals surface area contributed by atoms with E-state index in [1.54, 1.807) is 72.9 Å². The second-order valence-corrected chi connectivity index (χ2v) is 16.7. The number of carbonyl (C=O) groups excluding carboxylic acids is 2.